The molecule has 0 aromatic carbocycles. The molecule has 0 amide bonds. The van der Waals surface area contributed by atoms with Crippen LogP contribution in [0.2, 0.25) is 0 Å². The van der Waals surface area contributed by atoms with Gasteiger partial charge in [-0.05, 0) is 18.6 Å². The molecule has 0 aliphatic heterocycles. The van der Waals surface area contributed by atoms with Crippen LogP contribution in [0.1, 0.15) is 13.3 Å². The number of hydrogen-bond acceptors (Lipinski definition) is 4. The highest BCUT2D eigenvalue weighted by Crippen LogP contribution is 2.16. The van der Waals surface area contributed by atoms with Crippen molar-refractivity contribution >= 4 is 5.82 Å². The van der Waals surface area contributed by atoms with Gasteiger partial charge in [-0.1, -0.05) is 13.0 Å². The topological polar surface area (TPSA) is 50.7 Å². The van der Waals surface area contributed by atoms with Gasteiger partial charge in [0.1, 0.15) is 12.1 Å². The molecule has 16 heavy (non-hydrogen) atoms. The number of anilines is 1. The number of hydrogen-bond donors (Lipinski definition) is 1. The molecule has 0 spiro atoms. The van der Waals surface area contributed by atoms with Crippen molar-refractivity contribution in [1.29, 1.82) is 0 Å². The Labute approximate surface area is 94.8 Å². The zero-order valence-corrected chi connectivity index (χ0v) is 9.22. The predicted molar refractivity (Wildman–Crippen MR) is 64.0 cm³/mol. The van der Waals surface area contributed by atoms with Gasteiger partial charge in [0, 0.05) is 24.5 Å². The highest BCUT2D eigenvalue weighted by molar-refractivity contribution is 5.58. The Kier molecular flexibility index (Phi) is 3.43. The maximum Gasteiger partial charge on any atom is 0.126 e. The van der Waals surface area contributed by atoms with Gasteiger partial charge in [0.25, 0.3) is 0 Å². The third kappa shape index (κ3) is 2.53. The van der Waals surface area contributed by atoms with Gasteiger partial charge in [-0.3, -0.25) is 0 Å². The van der Waals surface area contributed by atoms with Crippen molar-refractivity contribution in [1.82, 2.24) is 15.0 Å². The zero-order chi connectivity index (χ0) is 11.2. The third-order valence-corrected chi connectivity index (χ3v) is 2.16. The molecule has 2 aromatic heterocycles. The first-order valence-corrected chi connectivity index (χ1v) is 5.36. The van der Waals surface area contributed by atoms with Crippen LogP contribution in [0.5, 0.6) is 0 Å². The minimum Gasteiger partial charge on any atom is -0.370 e. The van der Waals surface area contributed by atoms with Crippen LogP contribution in [0.3, 0.4) is 0 Å². The summed E-state index contributed by atoms with van der Waals surface area (Å²) in [5.74, 6) is 0.892. The largest absolute Gasteiger partial charge is 0.370 e. The Balaban J connectivity index is 2.22. The Morgan fingerprint density at radius 2 is 2.00 bits per heavy atom. The number of nitrogens with zero attached hydrogens (tertiary/aromatic N) is 3. The molecule has 0 aliphatic rings. The van der Waals surface area contributed by atoms with E-state index in [2.05, 4.69) is 27.2 Å². The Bertz CT molecular complexity index is 442. The van der Waals surface area contributed by atoms with Crippen molar-refractivity contribution in [3.05, 3.63) is 36.9 Å². The van der Waals surface area contributed by atoms with Crippen molar-refractivity contribution in [2.75, 3.05) is 11.9 Å². The second-order valence-electron chi connectivity index (χ2n) is 3.46. The molecule has 0 bridgehead atoms. The maximum absolute atomic E-state index is 4.49. The minimum atomic E-state index is 0.890. The van der Waals surface area contributed by atoms with Crippen LogP contribution in [0.15, 0.2) is 36.9 Å². The predicted octanol–water partition coefficient (Wildman–Crippen LogP) is 2.36. The van der Waals surface area contributed by atoms with Crippen LogP contribution in [0.25, 0.3) is 11.3 Å². The molecule has 0 saturated carbocycles. The summed E-state index contributed by atoms with van der Waals surface area (Å²) >= 11 is 0. The van der Waals surface area contributed by atoms with Gasteiger partial charge >= 0.3 is 0 Å². The van der Waals surface area contributed by atoms with Gasteiger partial charge in [-0.2, -0.15) is 0 Å². The van der Waals surface area contributed by atoms with E-state index in [9.17, 15) is 0 Å². The summed E-state index contributed by atoms with van der Waals surface area (Å²) in [5, 5.41) is 3.25. The van der Waals surface area contributed by atoms with E-state index < -0.39 is 0 Å². The molecule has 1 N–H and O–H groups in total. The fourth-order valence-electron chi connectivity index (χ4n) is 1.38. The third-order valence-electron chi connectivity index (χ3n) is 2.16. The van der Waals surface area contributed by atoms with Crippen molar-refractivity contribution in [2.24, 2.45) is 0 Å². The molecule has 4 nitrogen and oxygen atoms in total. The lowest BCUT2D eigenvalue weighted by Gasteiger charge is -2.05. The molecule has 0 unspecified atom stereocenters. The van der Waals surface area contributed by atoms with E-state index in [0.717, 1.165) is 30.0 Å². The lowest BCUT2D eigenvalue weighted by molar-refractivity contribution is 0.969. The van der Waals surface area contributed by atoms with Gasteiger partial charge in [-0.15, -0.1) is 0 Å². The van der Waals surface area contributed by atoms with Crippen LogP contribution in [0.4, 0.5) is 5.82 Å². The van der Waals surface area contributed by atoms with E-state index in [4.69, 9.17) is 0 Å². The highest BCUT2D eigenvalue weighted by atomic mass is 15.0. The zero-order valence-electron chi connectivity index (χ0n) is 9.22. The first-order chi connectivity index (χ1) is 7.90. The van der Waals surface area contributed by atoms with Crippen molar-refractivity contribution in [3.8, 4) is 11.3 Å². The molecule has 2 rings (SSSR count). The molecular formula is C12H14N4. The smallest absolute Gasteiger partial charge is 0.126 e. The summed E-state index contributed by atoms with van der Waals surface area (Å²) in [5.41, 5.74) is 1.82. The average Bonchev–Trinajstić information content (AvgIpc) is 2.38. The number of aromatic nitrogens is 3. The number of rotatable bonds is 4. The number of nitrogens with one attached hydrogen (secondary N) is 1. The van der Waals surface area contributed by atoms with Gasteiger partial charge < -0.3 is 5.32 Å². The summed E-state index contributed by atoms with van der Waals surface area (Å²) in [6, 6.07) is 5.89. The van der Waals surface area contributed by atoms with Crippen LogP contribution in [-0.4, -0.2) is 21.5 Å². The standard InChI is InChI=1S/C12H14N4/c1-2-6-15-12-5-3-4-11(16-12)10-7-13-9-14-8-10/h3-5,7-9H,2,6H2,1H3,(H,15,16). The van der Waals surface area contributed by atoms with Crippen molar-refractivity contribution in [2.45, 2.75) is 13.3 Å². The fourth-order valence-corrected chi connectivity index (χ4v) is 1.38. The molecule has 2 heterocycles. The summed E-state index contributed by atoms with van der Waals surface area (Å²) in [7, 11) is 0. The fraction of sp³-hybridized carbons (Fsp3) is 0.250. The summed E-state index contributed by atoms with van der Waals surface area (Å²) < 4.78 is 0. The van der Waals surface area contributed by atoms with Crippen LogP contribution in [0, 0.1) is 0 Å². The number of pyridine rings is 1. The minimum absolute atomic E-state index is 0.890. The summed E-state index contributed by atoms with van der Waals surface area (Å²) in [6.07, 6.45) is 6.13. The average molecular weight is 214 g/mol. The Morgan fingerprint density at radius 1 is 1.19 bits per heavy atom. The Morgan fingerprint density at radius 3 is 2.75 bits per heavy atom. The highest BCUT2D eigenvalue weighted by Gasteiger charge is 2.00. The van der Waals surface area contributed by atoms with Crippen LogP contribution < -0.4 is 5.32 Å². The lowest BCUT2D eigenvalue weighted by atomic mass is 10.2. The summed E-state index contributed by atoms with van der Waals surface area (Å²) in [6.45, 7) is 3.06. The van der Waals surface area contributed by atoms with Crippen LogP contribution >= 0.6 is 0 Å². The van der Waals surface area contributed by atoms with Crippen molar-refractivity contribution < 1.29 is 0 Å². The second kappa shape index (κ2) is 5.21. The van der Waals surface area contributed by atoms with E-state index in [1.807, 2.05) is 18.2 Å². The van der Waals surface area contributed by atoms with Gasteiger partial charge in [-0.25, -0.2) is 15.0 Å². The van der Waals surface area contributed by atoms with E-state index in [-0.39, 0.29) is 0 Å². The second-order valence-corrected chi connectivity index (χ2v) is 3.46. The first-order valence-electron chi connectivity index (χ1n) is 5.36. The SMILES string of the molecule is CCCNc1cccc(-c2cncnc2)n1. The molecule has 0 radical (unpaired) electrons. The molecule has 0 fully saturated rings. The van der Waals surface area contributed by atoms with Gasteiger partial charge in [0.15, 0.2) is 0 Å². The van der Waals surface area contributed by atoms with Crippen molar-refractivity contribution in [3.63, 3.8) is 0 Å². The van der Waals surface area contributed by atoms with E-state index >= 15 is 0 Å². The normalized spacial score (nSPS) is 10.1. The maximum atomic E-state index is 4.49. The van der Waals surface area contributed by atoms with E-state index in [1.165, 1.54) is 6.33 Å². The monoisotopic (exact) mass is 214 g/mol. The van der Waals surface area contributed by atoms with Gasteiger partial charge in [0.2, 0.25) is 0 Å². The molecule has 0 atom stereocenters. The summed E-state index contributed by atoms with van der Waals surface area (Å²) in [4.78, 5) is 12.5. The quantitative estimate of drug-likeness (QED) is 0.848. The molecule has 0 aliphatic carbocycles. The Hall–Kier alpha value is -1.97. The van der Waals surface area contributed by atoms with Crippen LogP contribution in [-0.2, 0) is 0 Å². The molecular weight excluding hydrogens is 200 g/mol. The van der Waals surface area contributed by atoms with Gasteiger partial charge in [0.05, 0.1) is 5.69 Å². The molecule has 0 saturated heterocycles. The van der Waals surface area contributed by atoms with E-state index in [1.54, 1.807) is 12.4 Å². The molecule has 4 heteroatoms. The lowest BCUT2D eigenvalue weighted by Crippen LogP contribution is -2.02. The van der Waals surface area contributed by atoms with E-state index in [0.29, 0.717) is 0 Å². The molecule has 2 aromatic rings. The molecule has 82 valence electrons. The first kappa shape index (κ1) is 10.5.